The summed E-state index contributed by atoms with van der Waals surface area (Å²) in [6, 6.07) is 0. The second kappa shape index (κ2) is 5.72. The molecular formula is C16H24N2O2S. The Kier molecular flexibility index (Phi) is 4.33. The van der Waals surface area contributed by atoms with Gasteiger partial charge in [-0.05, 0) is 69.4 Å². The summed E-state index contributed by atoms with van der Waals surface area (Å²) in [6.45, 7) is 8.72. The molecule has 0 radical (unpaired) electrons. The second-order valence-corrected chi connectivity index (χ2v) is 6.56. The van der Waals surface area contributed by atoms with Crippen LogP contribution in [0, 0.1) is 20.8 Å². The summed E-state index contributed by atoms with van der Waals surface area (Å²) >= 11 is 4.83. The van der Waals surface area contributed by atoms with Gasteiger partial charge in [-0.15, -0.1) is 0 Å². The maximum atomic E-state index is 10.2. The zero-order valence-corrected chi connectivity index (χ0v) is 14.0. The highest BCUT2D eigenvalue weighted by atomic mass is 32.1. The fourth-order valence-electron chi connectivity index (χ4n) is 2.92. The zero-order chi connectivity index (χ0) is 15.8. The molecule has 21 heavy (non-hydrogen) atoms. The largest absolute Gasteiger partial charge is 0.507 e. The fourth-order valence-corrected chi connectivity index (χ4v) is 3.02. The molecule has 0 saturated heterocycles. The summed E-state index contributed by atoms with van der Waals surface area (Å²) in [7, 11) is 0. The molecule has 5 heteroatoms. The standard InChI is InChI=1S/C16H24N2O2S/c1-9-10(2)14-12(11(3)13(9)19)5-6-16(4,20-14)7-8-18-15(17)21/h19H,5-8H2,1-4H3,(H3,17,18,21). The van der Waals surface area contributed by atoms with Gasteiger partial charge in [0.25, 0.3) is 0 Å². The van der Waals surface area contributed by atoms with Crippen molar-refractivity contribution in [2.24, 2.45) is 5.73 Å². The SMILES string of the molecule is Cc1c(C)c2c(c(C)c1O)CCC(C)(CCNC(N)=S)O2. The summed E-state index contributed by atoms with van der Waals surface area (Å²) in [5.74, 6) is 1.33. The third kappa shape index (κ3) is 3.07. The highest BCUT2D eigenvalue weighted by molar-refractivity contribution is 7.80. The predicted molar refractivity (Wildman–Crippen MR) is 89.1 cm³/mol. The Balaban J connectivity index is 2.25. The van der Waals surface area contributed by atoms with Crippen LogP contribution in [0.2, 0.25) is 0 Å². The molecule has 4 nitrogen and oxygen atoms in total. The van der Waals surface area contributed by atoms with Crippen molar-refractivity contribution in [1.82, 2.24) is 5.32 Å². The molecule has 0 saturated carbocycles. The Morgan fingerprint density at radius 3 is 2.62 bits per heavy atom. The number of ether oxygens (including phenoxy) is 1. The maximum Gasteiger partial charge on any atom is 0.163 e. The zero-order valence-electron chi connectivity index (χ0n) is 13.2. The number of nitrogens with one attached hydrogen (secondary N) is 1. The number of phenols is 1. The van der Waals surface area contributed by atoms with Gasteiger partial charge in [0.15, 0.2) is 5.11 Å². The third-order valence-corrected chi connectivity index (χ3v) is 4.69. The van der Waals surface area contributed by atoms with Gasteiger partial charge in [-0.1, -0.05) is 0 Å². The van der Waals surface area contributed by atoms with Crippen LogP contribution in [0.25, 0.3) is 0 Å². The van der Waals surface area contributed by atoms with Crippen LogP contribution in [0.15, 0.2) is 0 Å². The Labute approximate surface area is 131 Å². The molecule has 1 unspecified atom stereocenters. The van der Waals surface area contributed by atoms with Crippen molar-refractivity contribution >= 4 is 17.3 Å². The van der Waals surface area contributed by atoms with Crippen molar-refractivity contribution in [2.75, 3.05) is 6.54 Å². The van der Waals surface area contributed by atoms with E-state index >= 15 is 0 Å². The van der Waals surface area contributed by atoms with Gasteiger partial charge in [-0.3, -0.25) is 0 Å². The number of hydrogen-bond acceptors (Lipinski definition) is 3. The van der Waals surface area contributed by atoms with E-state index in [0.29, 0.717) is 17.4 Å². The van der Waals surface area contributed by atoms with Crippen LogP contribution < -0.4 is 15.8 Å². The van der Waals surface area contributed by atoms with Gasteiger partial charge in [0.05, 0.1) is 0 Å². The van der Waals surface area contributed by atoms with Crippen LogP contribution in [-0.2, 0) is 6.42 Å². The molecule has 0 bridgehead atoms. The monoisotopic (exact) mass is 308 g/mol. The summed E-state index contributed by atoms with van der Waals surface area (Å²) in [4.78, 5) is 0. The normalized spacial score (nSPS) is 20.6. The molecule has 0 fully saturated rings. The van der Waals surface area contributed by atoms with E-state index in [2.05, 4.69) is 12.2 Å². The smallest absolute Gasteiger partial charge is 0.163 e. The van der Waals surface area contributed by atoms with Crippen LogP contribution in [0.1, 0.15) is 42.0 Å². The number of benzene rings is 1. The van der Waals surface area contributed by atoms with E-state index in [-0.39, 0.29) is 5.60 Å². The Morgan fingerprint density at radius 1 is 1.33 bits per heavy atom. The summed E-state index contributed by atoms with van der Waals surface area (Å²) in [5, 5.41) is 13.5. The van der Waals surface area contributed by atoms with Crippen molar-refractivity contribution in [2.45, 2.75) is 52.6 Å². The number of hydrogen-bond donors (Lipinski definition) is 3. The molecule has 116 valence electrons. The maximum absolute atomic E-state index is 10.2. The van der Waals surface area contributed by atoms with Crippen LogP contribution in [0.3, 0.4) is 0 Å². The summed E-state index contributed by atoms with van der Waals surface area (Å²) in [5.41, 5.74) is 9.23. The average Bonchev–Trinajstić information content (AvgIpc) is 2.42. The lowest BCUT2D eigenvalue weighted by Gasteiger charge is -2.38. The average molecular weight is 308 g/mol. The van der Waals surface area contributed by atoms with Crippen LogP contribution >= 0.6 is 12.2 Å². The molecule has 0 aliphatic carbocycles. The first-order valence-corrected chi connectivity index (χ1v) is 7.70. The van der Waals surface area contributed by atoms with Gasteiger partial charge < -0.3 is 20.9 Å². The van der Waals surface area contributed by atoms with Crippen molar-refractivity contribution in [3.8, 4) is 11.5 Å². The lowest BCUT2D eigenvalue weighted by molar-refractivity contribution is 0.0563. The first-order valence-electron chi connectivity index (χ1n) is 7.29. The lowest BCUT2D eigenvalue weighted by Crippen LogP contribution is -2.41. The molecule has 1 heterocycles. The van der Waals surface area contributed by atoms with Gasteiger partial charge in [-0.2, -0.15) is 0 Å². The predicted octanol–water partition coefficient (Wildman–Crippen LogP) is 2.62. The molecule has 1 aliphatic rings. The van der Waals surface area contributed by atoms with E-state index in [1.807, 2.05) is 20.8 Å². The van der Waals surface area contributed by atoms with E-state index in [4.69, 9.17) is 22.7 Å². The molecule has 0 spiro atoms. The van der Waals surface area contributed by atoms with E-state index in [1.54, 1.807) is 0 Å². The van der Waals surface area contributed by atoms with Gasteiger partial charge in [0, 0.05) is 18.5 Å². The molecule has 0 amide bonds. The van der Waals surface area contributed by atoms with Crippen molar-refractivity contribution in [3.63, 3.8) is 0 Å². The van der Waals surface area contributed by atoms with E-state index < -0.39 is 0 Å². The minimum atomic E-state index is -0.231. The van der Waals surface area contributed by atoms with Gasteiger partial charge >= 0.3 is 0 Å². The fraction of sp³-hybridized carbons (Fsp3) is 0.562. The van der Waals surface area contributed by atoms with Crippen LogP contribution in [0.4, 0.5) is 0 Å². The molecule has 1 aromatic carbocycles. The molecule has 4 N–H and O–H groups in total. The van der Waals surface area contributed by atoms with Gasteiger partial charge in [-0.25, -0.2) is 0 Å². The second-order valence-electron chi connectivity index (χ2n) is 6.12. The molecule has 2 rings (SSSR count). The van der Waals surface area contributed by atoms with Crippen LogP contribution in [-0.4, -0.2) is 22.4 Å². The third-order valence-electron chi connectivity index (χ3n) is 4.55. The molecule has 1 atom stereocenters. The number of fused-ring (bicyclic) bond motifs is 1. The number of rotatable bonds is 3. The van der Waals surface area contributed by atoms with Crippen molar-refractivity contribution in [1.29, 1.82) is 0 Å². The van der Waals surface area contributed by atoms with E-state index in [0.717, 1.165) is 47.3 Å². The Bertz CT molecular complexity index is 586. The van der Waals surface area contributed by atoms with Crippen LogP contribution in [0.5, 0.6) is 11.5 Å². The summed E-state index contributed by atoms with van der Waals surface area (Å²) in [6.07, 6.45) is 2.67. The highest BCUT2D eigenvalue weighted by Gasteiger charge is 2.34. The number of phenolic OH excluding ortho intramolecular Hbond substituents is 1. The molecule has 1 aromatic rings. The minimum Gasteiger partial charge on any atom is -0.507 e. The molecule has 1 aliphatic heterocycles. The topological polar surface area (TPSA) is 67.5 Å². The van der Waals surface area contributed by atoms with Gasteiger partial charge in [0.1, 0.15) is 17.1 Å². The quantitative estimate of drug-likeness (QED) is 0.749. The highest BCUT2D eigenvalue weighted by Crippen LogP contribution is 2.43. The van der Waals surface area contributed by atoms with E-state index in [1.165, 1.54) is 0 Å². The first-order chi connectivity index (χ1) is 9.75. The number of nitrogens with two attached hydrogens (primary N) is 1. The lowest BCUT2D eigenvalue weighted by atomic mass is 9.85. The number of aromatic hydroxyl groups is 1. The minimum absolute atomic E-state index is 0.231. The Morgan fingerprint density at radius 2 is 2.00 bits per heavy atom. The molecular weight excluding hydrogens is 284 g/mol. The first kappa shape index (κ1) is 15.9. The van der Waals surface area contributed by atoms with Gasteiger partial charge in [0.2, 0.25) is 0 Å². The van der Waals surface area contributed by atoms with Crippen molar-refractivity contribution in [3.05, 3.63) is 22.3 Å². The molecule has 0 aromatic heterocycles. The Hall–Kier alpha value is -1.49. The summed E-state index contributed by atoms with van der Waals surface area (Å²) < 4.78 is 6.31. The number of thiocarbonyl (C=S) groups is 1. The van der Waals surface area contributed by atoms with Crippen molar-refractivity contribution < 1.29 is 9.84 Å². The van der Waals surface area contributed by atoms with E-state index in [9.17, 15) is 5.11 Å².